The van der Waals surface area contributed by atoms with Crippen LogP contribution in [0.3, 0.4) is 0 Å². The fraction of sp³-hybridized carbons (Fsp3) is 0.474. The Bertz CT molecular complexity index is 1450. The van der Waals surface area contributed by atoms with Crippen LogP contribution >= 0.6 is 0 Å². The molecule has 0 saturated carbocycles. The molecule has 234 valence electrons. The van der Waals surface area contributed by atoms with E-state index in [1.807, 2.05) is 6.07 Å². The first-order chi connectivity index (χ1) is 20.6. The predicted octanol–water partition coefficient (Wildman–Crippen LogP) is 11.2. The zero-order valence-corrected chi connectivity index (χ0v) is 30.7. The standard InChI is InChI=1S/C38H50F2N2Si2/c1-25(2)43(26(3)4,27(5)6)19-17-32-21-35(40)22-33(18-20-44(28(7)8,29(9)10)30(11)12)38(32)37-23-36(41-24-42-37)31-13-15-34(39)16-14-31/h13-16,21-30H,1-12H3. The molecule has 0 N–H and O–H groups in total. The number of rotatable bonds is 8. The molecule has 1 heterocycles. The van der Waals surface area contributed by atoms with Gasteiger partial charge in [-0.2, -0.15) is 0 Å². The van der Waals surface area contributed by atoms with Gasteiger partial charge in [-0.25, -0.2) is 18.7 Å². The normalized spacial score (nSPS) is 12.3. The van der Waals surface area contributed by atoms with Crippen LogP contribution in [0, 0.1) is 34.6 Å². The van der Waals surface area contributed by atoms with Crippen molar-refractivity contribution < 1.29 is 8.78 Å². The Hall–Kier alpha value is -3.07. The van der Waals surface area contributed by atoms with Crippen LogP contribution in [0.5, 0.6) is 0 Å². The minimum absolute atomic E-state index is 0.307. The van der Waals surface area contributed by atoms with Crippen LogP contribution in [0.1, 0.15) is 94.2 Å². The van der Waals surface area contributed by atoms with Gasteiger partial charge >= 0.3 is 0 Å². The van der Waals surface area contributed by atoms with Crippen molar-refractivity contribution in [3.05, 3.63) is 71.6 Å². The van der Waals surface area contributed by atoms with E-state index in [2.05, 4.69) is 116 Å². The molecule has 2 nitrogen and oxygen atoms in total. The largest absolute Gasteiger partial charge is 0.236 e. The lowest BCUT2D eigenvalue weighted by molar-refractivity contribution is 0.627. The lowest BCUT2D eigenvalue weighted by Gasteiger charge is -2.38. The third-order valence-corrected chi connectivity index (χ3v) is 22.3. The summed E-state index contributed by atoms with van der Waals surface area (Å²) in [5.41, 5.74) is 14.2. The second kappa shape index (κ2) is 14.4. The molecule has 6 heteroatoms. The Morgan fingerprint density at radius 3 is 1.30 bits per heavy atom. The van der Waals surface area contributed by atoms with Crippen LogP contribution in [0.15, 0.2) is 48.8 Å². The zero-order chi connectivity index (χ0) is 33.0. The minimum atomic E-state index is -2.11. The summed E-state index contributed by atoms with van der Waals surface area (Å²) in [4.78, 5) is 9.17. The lowest BCUT2D eigenvalue weighted by Crippen LogP contribution is -2.43. The molecule has 1 aromatic heterocycles. The Balaban J connectivity index is 2.43. The Morgan fingerprint density at radius 1 is 0.523 bits per heavy atom. The van der Waals surface area contributed by atoms with E-state index in [-0.39, 0.29) is 11.6 Å². The minimum Gasteiger partial charge on any atom is -0.236 e. The topological polar surface area (TPSA) is 25.8 Å². The Kier molecular flexibility index (Phi) is 11.6. The highest BCUT2D eigenvalue weighted by Crippen LogP contribution is 2.42. The quantitative estimate of drug-likeness (QED) is 0.183. The molecule has 0 atom stereocenters. The van der Waals surface area contributed by atoms with Gasteiger partial charge in [0.1, 0.15) is 34.1 Å². The van der Waals surface area contributed by atoms with Gasteiger partial charge in [0.2, 0.25) is 0 Å². The van der Waals surface area contributed by atoms with Gasteiger partial charge in [0, 0.05) is 22.3 Å². The van der Waals surface area contributed by atoms with Gasteiger partial charge in [-0.1, -0.05) is 94.9 Å². The molecule has 0 unspecified atom stereocenters. The monoisotopic (exact) mass is 628 g/mol. The number of hydrogen-bond acceptors (Lipinski definition) is 2. The summed E-state index contributed by atoms with van der Waals surface area (Å²) in [6.07, 6.45) is 1.51. The third-order valence-electron chi connectivity index (χ3n) is 9.73. The van der Waals surface area contributed by atoms with Crippen LogP contribution in [0.4, 0.5) is 8.78 Å². The zero-order valence-electron chi connectivity index (χ0n) is 28.7. The van der Waals surface area contributed by atoms with Gasteiger partial charge in [-0.05, 0) is 75.7 Å². The number of hydrogen-bond donors (Lipinski definition) is 0. The van der Waals surface area contributed by atoms with Crippen molar-refractivity contribution in [2.75, 3.05) is 0 Å². The van der Waals surface area contributed by atoms with Crippen molar-refractivity contribution in [1.29, 1.82) is 0 Å². The Morgan fingerprint density at radius 2 is 0.909 bits per heavy atom. The van der Waals surface area contributed by atoms with Crippen molar-refractivity contribution in [2.45, 2.75) is 116 Å². The molecule has 0 bridgehead atoms. The van der Waals surface area contributed by atoms with E-state index in [0.29, 0.717) is 55.8 Å². The highest BCUT2D eigenvalue weighted by molar-refractivity contribution is 6.91. The van der Waals surface area contributed by atoms with E-state index < -0.39 is 16.1 Å². The molecule has 0 aliphatic carbocycles. The summed E-state index contributed by atoms with van der Waals surface area (Å²) < 4.78 is 29.2. The van der Waals surface area contributed by atoms with E-state index in [0.717, 1.165) is 11.1 Å². The molecular formula is C38H50F2N2Si2. The van der Waals surface area contributed by atoms with Crippen molar-refractivity contribution >= 4 is 16.1 Å². The van der Waals surface area contributed by atoms with E-state index in [4.69, 9.17) is 0 Å². The van der Waals surface area contributed by atoms with Crippen molar-refractivity contribution in [1.82, 2.24) is 9.97 Å². The van der Waals surface area contributed by atoms with E-state index in [9.17, 15) is 4.39 Å². The highest BCUT2D eigenvalue weighted by atomic mass is 28.3. The van der Waals surface area contributed by atoms with Gasteiger partial charge in [0.15, 0.2) is 0 Å². The summed E-state index contributed by atoms with van der Waals surface area (Å²) in [7, 11) is -4.22. The summed E-state index contributed by atoms with van der Waals surface area (Å²) in [6, 6.07) is 11.2. The van der Waals surface area contributed by atoms with Gasteiger partial charge in [-0.15, -0.1) is 11.1 Å². The average Bonchev–Trinajstić information content (AvgIpc) is 2.93. The molecule has 0 saturated heterocycles. The van der Waals surface area contributed by atoms with E-state index in [1.165, 1.54) is 30.6 Å². The molecular weight excluding hydrogens is 579 g/mol. The third kappa shape index (κ3) is 7.08. The average molecular weight is 629 g/mol. The van der Waals surface area contributed by atoms with E-state index >= 15 is 4.39 Å². The number of halogens is 2. The van der Waals surface area contributed by atoms with Gasteiger partial charge in [-0.3, -0.25) is 0 Å². The fourth-order valence-corrected chi connectivity index (χ4v) is 18.0. The van der Waals surface area contributed by atoms with Gasteiger partial charge < -0.3 is 0 Å². The summed E-state index contributed by atoms with van der Waals surface area (Å²) >= 11 is 0. The van der Waals surface area contributed by atoms with Crippen LogP contribution in [-0.2, 0) is 0 Å². The second-order valence-electron chi connectivity index (χ2n) is 14.0. The second-order valence-corrected chi connectivity index (χ2v) is 25.1. The molecule has 0 fully saturated rings. The van der Waals surface area contributed by atoms with Crippen LogP contribution in [0.2, 0.25) is 33.2 Å². The van der Waals surface area contributed by atoms with Gasteiger partial charge in [0.25, 0.3) is 0 Å². The molecule has 3 rings (SSSR count). The first kappa shape index (κ1) is 35.4. The number of benzene rings is 2. The predicted molar refractivity (Wildman–Crippen MR) is 189 cm³/mol. The maximum atomic E-state index is 15.5. The molecule has 0 radical (unpaired) electrons. The van der Waals surface area contributed by atoms with Crippen LogP contribution < -0.4 is 0 Å². The van der Waals surface area contributed by atoms with Crippen molar-refractivity contribution in [3.63, 3.8) is 0 Å². The van der Waals surface area contributed by atoms with E-state index in [1.54, 1.807) is 12.1 Å². The number of nitrogens with zero attached hydrogens (tertiary/aromatic N) is 2. The molecule has 0 amide bonds. The maximum absolute atomic E-state index is 15.5. The summed E-state index contributed by atoms with van der Waals surface area (Å²) in [6.45, 7) is 27.3. The molecule has 3 aromatic rings. The van der Waals surface area contributed by atoms with Crippen molar-refractivity contribution in [3.8, 4) is 45.4 Å². The molecule has 0 aliphatic rings. The summed E-state index contributed by atoms with van der Waals surface area (Å²) in [5.74, 6) is 6.37. The van der Waals surface area contributed by atoms with Crippen LogP contribution in [0.25, 0.3) is 22.5 Å². The molecule has 2 aromatic carbocycles. The Labute approximate surface area is 267 Å². The number of aromatic nitrogens is 2. The highest BCUT2D eigenvalue weighted by Gasteiger charge is 2.42. The first-order valence-electron chi connectivity index (χ1n) is 16.1. The SMILES string of the molecule is CC(C)[Si](C#Cc1cc(F)cc(C#C[Si](C(C)C)(C(C)C)C(C)C)c1-c1cc(-c2ccc(F)cc2)ncn1)(C(C)C)C(C)C. The molecule has 0 aliphatic heterocycles. The van der Waals surface area contributed by atoms with Gasteiger partial charge in [0.05, 0.1) is 11.4 Å². The smallest absolute Gasteiger partial charge is 0.146 e. The first-order valence-corrected chi connectivity index (χ1v) is 20.5. The molecule has 44 heavy (non-hydrogen) atoms. The lowest BCUT2D eigenvalue weighted by atomic mass is 9.97. The van der Waals surface area contributed by atoms with Crippen LogP contribution in [-0.4, -0.2) is 26.1 Å². The maximum Gasteiger partial charge on any atom is 0.146 e. The fourth-order valence-electron chi connectivity index (χ4n) is 7.57. The molecule has 0 spiro atoms. The summed E-state index contributed by atoms with van der Waals surface area (Å²) in [5, 5.41) is 0. The van der Waals surface area contributed by atoms with Crippen molar-refractivity contribution in [2.24, 2.45) is 0 Å².